The SMILES string of the molecule is CCOC(=O)c1c(CC)[nH]c2cc(Nc3ncc(Cl)c(Nc4ccccc4C(=O)NC)n3)ccc12. The highest BCUT2D eigenvalue weighted by atomic mass is 35.5. The number of fused-ring (bicyclic) bond motifs is 1. The number of hydrogen-bond donors (Lipinski definition) is 4. The van der Waals surface area contributed by atoms with Gasteiger partial charge in [-0.15, -0.1) is 0 Å². The summed E-state index contributed by atoms with van der Waals surface area (Å²) in [6.45, 7) is 4.07. The minimum Gasteiger partial charge on any atom is -0.462 e. The molecule has 0 unspecified atom stereocenters. The van der Waals surface area contributed by atoms with E-state index in [4.69, 9.17) is 16.3 Å². The average molecular weight is 493 g/mol. The lowest BCUT2D eigenvalue weighted by atomic mass is 10.1. The van der Waals surface area contributed by atoms with Crippen molar-refractivity contribution in [3.05, 3.63) is 70.5 Å². The number of ether oxygens (including phenoxy) is 1. The van der Waals surface area contributed by atoms with Gasteiger partial charge in [-0.05, 0) is 43.7 Å². The van der Waals surface area contributed by atoms with E-state index in [1.807, 2.05) is 31.2 Å². The van der Waals surface area contributed by atoms with Crippen molar-refractivity contribution in [3.8, 4) is 0 Å². The smallest absolute Gasteiger partial charge is 0.340 e. The zero-order chi connectivity index (χ0) is 24.9. The van der Waals surface area contributed by atoms with Gasteiger partial charge in [0.2, 0.25) is 5.95 Å². The van der Waals surface area contributed by atoms with Crippen LogP contribution in [-0.2, 0) is 11.2 Å². The highest BCUT2D eigenvalue weighted by Crippen LogP contribution is 2.29. The molecule has 180 valence electrons. The van der Waals surface area contributed by atoms with E-state index < -0.39 is 0 Å². The number of aromatic nitrogens is 3. The summed E-state index contributed by atoms with van der Waals surface area (Å²) >= 11 is 6.32. The highest BCUT2D eigenvalue weighted by molar-refractivity contribution is 6.33. The van der Waals surface area contributed by atoms with Crippen molar-refractivity contribution in [1.82, 2.24) is 20.3 Å². The van der Waals surface area contributed by atoms with Crippen LogP contribution in [0.25, 0.3) is 10.9 Å². The number of hydrogen-bond acceptors (Lipinski definition) is 7. The minimum atomic E-state index is -0.343. The lowest BCUT2D eigenvalue weighted by Gasteiger charge is -2.13. The number of anilines is 4. The van der Waals surface area contributed by atoms with Crippen LogP contribution in [0.1, 0.15) is 40.3 Å². The molecule has 2 heterocycles. The second-order valence-electron chi connectivity index (χ2n) is 7.58. The van der Waals surface area contributed by atoms with Gasteiger partial charge >= 0.3 is 5.97 Å². The van der Waals surface area contributed by atoms with Crippen LogP contribution in [0.5, 0.6) is 0 Å². The van der Waals surface area contributed by atoms with E-state index in [0.717, 1.165) is 22.3 Å². The largest absolute Gasteiger partial charge is 0.462 e. The molecule has 0 aliphatic rings. The van der Waals surface area contributed by atoms with Gasteiger partial charge in [-0.3, -0.25) is 4.79 Å². The number of aromatic amines is 1. The Balaban J connectivity index is 1.62. The van der Waals surface area contributed by atoms with Crippen molar-refractivity contribution >= 4 is 57.5 Å². The third-order valence-electron chi connectivity index (χ3n) is 5.36. The quantitative estimate of drug-likeness (QED) is 0.249. The van der Waals surface area contributed by atoms with Crippen LogP contribution in [-0.4, -0.2) is 40.5 Å². The summed E-state index contributed by atoms with van der Waals surface area (Å²) < 4.78 is 5.23. The fourth-order valence-electron chi connectivity index (χ4n) is 3.73. The van der Waals surface area contributed by atoms with E-state index in [2.05, 4.69) is 30.9 Å². The molecule has 2 aromatic carbocycles. The predicted octanol–water partition coefficient (Wildman–Crippen LogP) is 5.20. The first-order chi connectivity index (χ1) is 16.9. The summed E-state index contributed by atoms with van der Waals surface area (Å²) in [5.41, 5.74) is 3.90. The van der Waals surface area contributed by atoms with E-state index in [0.29, 0.717) is 46.6 Å². The summed E-state index contributed by atoms with van der Waals surface area (Å²) in [4.78, 5) is 36.7. The molecule has 2 aromatic heterocycles. The maximum absolute atomic E-state index is 12.5. The van der Waals surface area contributed by atoms with Crippen molar-refractivity contribution < 1.29 is 14.3 Å². The topological polar surface area (TPSA) is 121 Å². The van der Waals surface area contributed by atoms with E-state index in [-0.39, 0.29) is 11.9 Å². The molecule has 0 radical (unpaired) electrons. The first-order valence-electron chi connectivity index (χ1n) is 11.1. The molecule has 0 saturated heterocycles. The third-order valence-corrected chi connectivity index (χ3v) is 5.64. The first-order valence-corrected chi connectivity index (χ1v) is 11.5. The van der Waals surface area contributed by atoms with Gasteiger partial charge < -0.3 is 25.7 Å². The fraction of sp³-hybridized carbons (Fsp3) is 0.200. The fourth-order valence-corrected chi connectivity index (χ4v) is 3.87. The number of esters is 1. The van der Waals surface area contributed by atoms with E-state index in [1.165, 1.54) is 6.20 Å². The number of rotatable bonds is 8. The Labute approximate surface area is 207 Å². The van der Waals surface area contributed by atoms with Crippen molar-refractivity contribution in [1.29, 1.82) is 0 Å². The Morgan fingerprint density at radius 1 is 1.11 bits per heavy atom. The zero-order valence-corrected chi connectivity index (χ0v) is 20.3. The van der Waals surface area contributed by atoms with Crippen LogP contribution in [0.15, 0.2) is 48.7 Å². The molecule has 4 aromatic rings. The monoisotopic (exact) mass is 492 g/mol. The van der Waals surface area contributed by atoms with Crippen molar-refractivity contribution in [2.24, 2.45) is 0 Å². The van der Waals surface area contributed by atoms with Gasteiger partial charge in [0.1, 0.15) is 5.02 Å². The lowest BCUT2D eigenvalue weighted by molar-refractivity contribution is 0.0527. The Bertz CT molecular complexity index is 1400. The molecule has 9 nitrogen and oxygen atoms in total. The summed E-state index contributed by atoms with van der Waals surface area (Å²) in [6, 6.07) is 12.6. The molecule has 0 saturated carbocycles. The van der Waals surface area contributed by atoms with Crippen LogP contribution in [0.3, 0.4) is 0 Å². The Morgan fingerprint density at radius 3 is 2.66 bits per heavy atom. The number of amides is 1. The lowest BCUT2D eigenvalue weighted by Crippen LogP contribution is -2.19. The van der Waals surface area contributed by atoms with Gasteiger partial charge in [0.25, 0.3) is 5.91 Å². The number of nitrogens with zero attached hydrogens (tertiary/aromatic N) is 2. The minimum absolute atomic E-state index is 0.232. The maximum Gasteiger partial charge on any atom is 0.340 e. The van der Waals surface area contributed by atoms with Crippen molar-refractivity contribution in [2.45, 2.75) is 20.3 Å². The molecule has 0 atom stereocenters. The Hall–Kier alpha value is -4.11. The Morgan fingerprint density at radius 2 is 1.91 bits per heavy atom. The molecular formula is C25H25ClN6O3. The van der Waals surface area contributed by atoms with Crippen LogP contribution < -0.4 is 16.0 Å². The number of benzene rings is 2. The molecule has 0 aliphatic carbocycles. The second-order valence-corrected chi connectivity index (χ2v) is 7.99. The summed E-state index contributed by atoms with van der Waals surface area (Å²) in [6.07, 6.45) is 2.14. The molecule has 35 heavy (non-hydrogen) atoms. The molecule has 4 rings (SSSR count). The number of halogens is 1. The number of H-pyrrole nitrogens is 1. The van der Waals surface area contributed by atoms with E-state index in [9.17, 15) is 9.59 Å². The number of aryl methyl sites for hydroxylation is 1. The highest BCUT2D eigenvalue weighted by Gasteiger charge is 2.19. The van der Waals surface area contributed by atoms with Gasteiger partial charge in [-0.1, -0.05) is 30.7 Å². The van der Waals surface area contributed by atoms with Gasteiger partial charge in [0, 0.05) is 29.3 Å². The normalized spacial score (nSPS) is 10.7. The van der Waals surface area contributed by atoms with E-state index in [1.54, 1.807) is 32.2 Å². The molecule has 0 spiro atoms. The summed E-state index contributed by atoms with van der Waals surface area (Å²) in [5.74, 6) is 0.0792. The number of carbonyl (C=O) groups excluding carboxylic acids is 2. The summed E-state index contributed by atoms with van der Waals surface area (Å²) in [7, 11) is 1.57. The first kappa shape index (κ1) is 24.0. The predicted molar refractivity (Wildman–Crippen MR) is 137 cm³/mol. The maximum atomic E-state index is 12.5. The molecule has 0 bridgehead atoms. The van der Waals surface area contributed by atoms with Gasteiger partial charge in [-0.2, -0.15) is 4.98 Å². The van der Waals surface area contributed by atoms with Crippen LogP contribution in [0.4, 0.5) is 23.1 Å². The third kappa shape index (κ3) is 5.04. The molecule has 1 amide bonds. The number of nitrogens with one attached hydrogen (secondary N) is 4. The average Bonchev–Trinajstić information content (AvgIpc) is 3.24. The molecular weight excluding hydrogens is 468 g/mol. The van der Waals surface area contributed by atoms with Crippen molar-refractivity contribution in [2.75, 3.05) is 24.3 Å². The summed E-state index contributed by atoms with van der Waals surface area (Å²) in [5, 5.41) is 9.98. The molecule has 0 aliphatic heterocycles. The van der Waals surface area contributed by atoms with Crippen LogP contribution in [0, 0.1) is 0 Å². The second kappa shape index (κ2) is 10.4. The number of carbonyl (C=O) groups is 2. The van der Waals surface area contributed by atoms with Gasteiger partial charge in [0.05, 0.1) is 29.6 Å². The van der Waals surface area contributed by atoms with Crippen LogP contribution in [0.2, 0.25) is 5.02 Å². The van der Waals surface area contributed by atoms with Crippen LogP contribution >= 0.6 is 11.6 Å². The molecule has 10 heteroatoms. The standard InChI is InChI=1S/C25H25ClN6O3/c1-4-18-21(24(34)35-5-2)15-11-10-14(12-20(15)30-18)29-25-28-13-17(26)22(32-25)31-19-9-7-6-8-16(19)23(33)27-3/h6-13,30H,4-5H2,1-3H3,(H,27,33)(H2,28,29,31,32). The van der Waals surface area contributed by atoms with Crippen molar-refractivity contribution in [3.63, 3.8) is 0 Å². The zero-order valence-electron chi connectivity index (χ0n) is 19.5. The van der Waals surface area contributed by atoms with Gasteiger partial charge in [-0.25, -0.2) is 9.78 Å². The molecule has 0 fully saturated rings. The van der Waals surface area contributed by atoms with E-state index >= 15 is 0 Å². The Kier molecular flexibility index (Phi) is 7.17. The molecule has 4 N–H and O–H groups in total. The number of para-hydroxylation sites is 1. The van der Waals surface area contributed by atoms with Gasteiger partial charge in [0.15, 0.2) is 5.82 Å².